The minimum absolute atomic E-state index is 0.799. The summed E-state index contributed by atoms with van der Waals surface area (Å²) in [7, 11) is 0. The second-order valence-electron chi connectivity index (χ2n) is 3.61. The van der Waals surface area contributed by atoms with Crippen molar-refractivity contribution >= 4 is 11.4 Å². The van der Waals surface area contributed by atoms with Crippen LogP contribution in [0.4, 0.5) is 11.4 Å². The summed E-state index contributed by atoms with van der Waals surface area (Å²) in [5.41, 5.74) is 9.22. The lowest BCUT2D eigenvalue weighted by molar-refractivity contribution is 0.123. The first kappa shape index (κ1) is 9.34. The van der Waals surface area contributed by atoms with Gasteiger partial charge in [-0.05, 0) is 18.6 Å². The molecule has 3 heteroatoms. The molecule has 14 heavy (non-hydrogen) atoms. The minimum Gasteiger partial charge on any atom is -0.397 e. The molecule has 0 amide bonds. The Bertz CT molecular complexity index is 319. The third kappa shape index (κ3) is 1.68. The summed E-state index contributed by atoms with van der Waals surface area (Å²) >= 11 is 0. The van der Waals surface area contributed by atoms with Crippen LogP contribution in [0.3, 0.4) is 0 Å². The monoisotopic (exact) mass is 192 g/mol. The molecule has 1 heterocycles. The Hall–Kier alpha value is -1.22. The molecule has 0 atom stereocenters. The van der Waals surface area contributed by atoms with E-state index in [0.717, 1.165) is 43.2 Å². The summed E-state index contributed by atoms with van der Waals surface area (Å²) in [6.07, 6.45) is 0. The van der Waals surface area contributed by atoms with E-state index in [1.807, 2.05) is 13.0 Å². The number of nitrogens with two attached hydrogens (primary N) is 1. The highest BCUT2D eigenvalue weighted by Crippen LogP contribution is 2.26. The van der Waals surface area contributed by atoms with Gasteiger partial charge in [0, 0.05) is 13.1 Å². The zero-order valence-corrected chi connectivity index (χ0v) is 8.49. The van der Waals surface area contributed by atoms with Gasteiger partial charge in [-0.2, -0.15) is 0 Å². The lowest BCUT2D eigenvalue weighted by atomic mass is 10.1. The predicted molar refractivity (Wildman–Crippen MR) is 58.6 cm³/mol. The fraction of sp³-hybridized carbons (Fsp3) is 0.455. The molecule has 0 unspecified atom stereocenters. The van der Waals surface area contributed by atoms with Crippen LogP contribution in [0.1, 0.15) is 5.56 Å². The maximum Gasteiger partial charge on any atom is 0.0642 e. The minimum atomic E-state index is 0.799. The van der Waals surface area contributed by atoms with Gasteiger partial charge < -0.3 is 15.4 Å². The average molecular weight is 192 g/mol. The maximum atomic E-state index is 6.03. The van der Waals surface area contributed by atoms with Crippen molar-refractivity contribution in [2.75, 3.05) is 36.9 Å². The van der Waals surface area contributed by atoms with Gasteiger partial charge in [0.1, 0.15) is 0 Å². The normalized spacial score (nSPS) is 17.1. The van der Waals surface area contributed by atoms with Gasteiger partial charge in [0.15, 0.2) is 0 Å². The van der Waals surface area contributed by atoms with E-state index in [-0.39, 0.29) is 0 Å². The average Bonchev–Trinajstić information content (AvgIpc) is 2.23. The van der Waals surface area contributed by atoms with Crippen molar-refractivity contribution in [2.45, 2.75) is 6.92 Å². The maximum absolute atomic E-state index is 6.03. The molecular formula is C11H16N2O. The number of aryl methyl sites for hydroxylation is 1. The van der Waals surface area contributed by atoms with Gasteiger partial charge >= 0.3 is 0 Å². The summed E-state index contributed by atoms with van der Waals surface area (Å²) in [6, 6.07) is 6.17. The standard InChI is InChI=1S/C11H16N2O/c1-9-3-2-4-10(11(9)12)13-5-7-14-8-6-13/h2-4H,5-8,12H2,1H3. The highest BCUT2D eigenvalue weighted by atomic mass is 16.5. The zero-order valence-electron chi connectivity index (χ0n) is 8.49. The quantitative estimate of drug-likeness (QED) is 0.684. The summed E-state index contributed by atoms with van der Waals surface area (Å²) in [5, 5.41) is 0. The number of morpholine rings is 1. The second-order valence-corrected chi connectivity index (χ2v) is 3.61. The van der Waals surface area contributed by atoms with Crippen LogP contribution in [0.5, 0.6) is 0 Å². The Morgan fingerprint density at radius 2 is 2.00 bits per heavy atom. The van der Waals surface area contributed by atoms with Crippen molar-refractivity contribution in [1.82, 2.24) is 0 Å². The largest absolute Gasteiger partial charge is 0.397 e. The number of nitrogen functional groups attached to an aromatic ring is 1. The third-order valence-corrected chi connectivity index (χ3v) is 2.65. The second kappa shape index (κ2) is 3.88. The van der Waals surface area contributed by atoms with Gasteiger partial charge in [-0.25, -0.2) is 0 Å². The fourth-order valence-electron chi connectivity index (χ4n) is 1.75. The molecule has 0 aromatic heterocycles. The van der Waals surface area contributed by atoms with E-state index < -0.39 is 0 Å². The lowest BCUT2D eigenvalue weighted by Gasteiger charge is -2.30. The van der Waals surface area contributed by atoms with Gasteiger partial charge in [-0.15, -0.1) is 0 Å². The number of anilines is 2. The van der Waals surface area contributed by atoms with Crippen molar-refractivity contribution < 1.29 is 4.74 Å². The first-order valence-corrected chi connectivity index (χ1v) is 4.97. The van der Waals surface area contributed by atoms with Gasteiger partial charge in [0.05, 0.1) is 24.6 Å². The molecule has 0 aliphatic carbocycles. The van der Waals surface area contributed by atoms with Crippen LogP contribution in [0.2, 0.25) is 0 Å². The molecule has 1 aliphatic heterocycles. The van der Waals surface area contributed by atoms with E-state index in [0.29, 0.717) is 0 Å². The first-order chi connectivity index (χ1) is 6.79. The van der Waals surface area contributed by atoms with E-state index in [4.69, 9.17) is 10.5 Å². The number of para-hydroxylation sites is 1. The van der Waals surface area contributed by atoms with Gasteiger partial charge in [-0.1, -0.05) is 12.1 Å². The molecule has 1 aromatic rings. The van der Waals surface area contributed by atoms with Crippen LogP contribution < -0.4 is 10.6 Å². The predicted octanol–water partition coefficient (Wildman–Crippen LogP) is 1.41. The van der Waals surface area contributed by atoms with Crippen molar-refractivity contribution in [3.63, 3.8) is 0 Å². The van der Waals surface area contributed by atoms with Crippen molar-refractivity contribution in [1.29, 1.82) is 0 Å². The number of rotatable bonds is 1. The summed E-state index contributed by atoms with van der Waals surface area (Å²) < 4.78 is 5.31. The van der Waals surface area contributed by atoms with Crippen LogP contribution in [0, 0.1) is 6.92 Å². The molecule has 0 spiro atoms. The van der Waals surface area contributed by atoms with Gasteiger partial charge in [0.2, 0.25) is 0 Å². The van der Waals surface area contributed by atoms with Crippen LogP contribution in [-0.2, 0) is 4.74 Å². The Morgan fingerprint density at radius 1 is 1.29 bits per heavy atom. The smallest absolute Gasteiger partial charge is 0.0642 e. The Labute approximate surface area is 84.5 Å². The molecule has 1 aromatic carbocycles. The Morgan fingerprint density at radius 3 is 2.71 bits per heavy atom. The topological polar surface area (TPSA) is 38.5 Å². The van der Waals surface area contributed by atoms with Crippen LogP contribution in [0.15, 0.2) is 18.2 Å². The molecule has 2 N–H and O–H groups in total. The lowest BCUT2D eigenvalue weighted by Crippen LogP contribution is -2.36. The first-order valence-electron chi connectivity index (χ1n) is 4.97. The molecule has 1 saturated heterocycles. The fourth-order valence-corrected chi connectivity index (χ4v) is 1.75. The molecule has 2 rings (SSSR count). The molecule has 0 bridgehead atoms. The summed E-state index contributed by atoms with van der Waals surface area (Å²) in [4.78, 5) is 2.28. The van der Waals surface area contributed by atoms with Gasteiger partial charge in [-0.3, -0.25) is 0 Å². The van der Waals surface area contributed by atoms with E-state index in [1.165, 1.54) is 0 Å². The number of ether oxygens (including phenoxy) is 1. The number of nitrogens with zero attached hydrogens (tertiary/aromatic N) is 1. The number of benzene rings is 1. The van der Waals surface area contributed by atoms with E-state index >= 15 is 0 Å². The third-order valence-electron chi connectivity index (χ3n) is 2.65. The molecule has 1 fully saturated rings. The van der Waals surface area contributed by atoms with Crippen molar-refractivity contribution in [3.05, 3.63) is 23.8 Å². The zero-order chi connectivity index (χ0) is 9.97. The van der Waals surface area contributed by atoms with Crippen molar-refractivity contribution in [3.8, 4) is 0 Å². The van der Waals surface area contributed by atoms with E-state index in [1.54, 1.807) is 0 Å². The van der Waals surface area contributed by atoms with Crippen LogP contribution in [0.25, 0.3) is 0 Å². The van der Waals surface area contributed by atoms with Crippen LogP contribution >= 0.6 is 0 Å². The molecular weight excluding hydrogens is 176 g/mol. The van der Waals surface area contributed by atoms with Crippen LogP contribution in [-0.4, -0.2) is 26.3 Å². The highest BCUT2D eigenvalue weighted by Gasteiger charge is 2.13. The number of hydrogen-bond donors (Lipinski definition) is 1. The Balaban J connectivity index is 2.26. The molecule has 0 radical (unpaired) electrons. The van der Waals surface area contributed by atoms with E-state index in [2.05, 4.69) is 17.0 Å². The molecule has 1 aliphatic rings. The molecule has 0 saturated carbocycles. The number of hydrogen-bond acceptors (Lipinski definition) is 3. The van der Waals surface area contributed by atoms with Crippen molar-refractivity contribution in [2.24, 2.45) is 0 Å². The summed E-state index contributed by atoms with van der Waals surface area (Å²) in [6.45, 7) is 5.52. The molecule has 3 nitrogen and oxygen atoms in total. The summed E-state index contributed by atoms with van der Waals surface area (Å²) in [5.74, 6) is 0. The van der Waals surface area contributed by atoms with Gasteiger partial charge in [0.25, 0.3) is 0 Å². The SMILES string of the molecule is Cc1cccc(N2CCOCC2)c1N. The molecule has 76 valence electrons. The van der Waals surface area contributed by atoms with E-state index in [9.17, 15) is 0 Å². The Kier molecular flexibility index (Phi) is 2.59. The highest BCUT2D eigenvalue weighted by molar-refractivity contribution is 5.70.